The minimum absolute atomic E-state index is 0.278. The third-order valence-electron chi connectivity index (χ3n) is 3.65. The van der Waals surface area contributed by atoms with E-state index in [4.69, 9.17) is 5.11 Å². The van der Waals surface area contributed by atoms with Gasteiger partial charge in [-0.05, 0) is 43.8 Å². The Hall–Kier alpha value is -2.71. The van der Waals surface area contributed by atoms with Gasteiger partial charge >= 0.3 is 5.97 Å². The van der Waals surface area contributed by atoms with Crippen LogP contribution >= 0.6 is 0 Å². The summed E-state index contributed by atoms with van der Waals surface area (Å²) in [4.78, 5) is 18.8. The summed E-state index contributed by atoms with van der Waals surface area (Å²) in [5.74, 6) is -0.968. The molecule has 8 heteroatoms. The van der Waals surface area contributed by atoms with E-state index in [0.29, 0.717) is 0 Å². The maximum absolute atomic E-state index is 9.24. The van der Waals surface area contributed by atoms with E-state index in [1.165, 1.54) is 22.0 Å². The number of nitrogens with zero attached hydrogens (tertiary/aromatic N) is 4. The molecule has 0 bridgehead atoms. The molecule has 0 aliphatic carbocycles. The van der Waals surface area contributed by atoms with Gasteiger partial charge in [-0.1, -0.05) is 6.07 Å². The maximum Gasteiger partial charge on any atom is 0.317 e. The molecule has 2 heterocycles. The van der Waals surface area contributed by atoms with Crippen molar-refractivity contribution in [3.63, 3.8) is 0 Å². The fourth-order valence-corrected chi connectivity index (χ4v) is 2.38. The second kappa shape index (κ2) is 8.95. The first kappa shape index (κ1) is 18.6. The molecule has 4 N–H and O–H groups in total. The minimum Gasteiger partial charge on any atom is -0.480 e. The molecule has 134 valence electrons. The number of aliphatic carboxylic acids is 1. The summed E-state index contributed by atoms with van der Waals surface area (Å²) in [6, 6.07) is 6.52. The van der Waals surface area contributed by atoms with Crippen molar-refractivity contribution < 1.29 is 9.90 Å². The Morgan fingerprint density at radius 3 is 2.76 bits per heavy atom. The van der Waals surface area contributed by atoms with Crippen molar-refractivity contribution in [2.45, 2.75) is 13.0 Å². The van der Waals surface area contributed by atoms with Crippen molar-refractivity contribution >= 4 is 16.9 Å². The molecule has 1 aromatic carbocycles. The molecule has 3 aromatic rings. The third-order valence-corrected chi connectivity index (χ3v) is 3.65. The Balaban J connectivity index is 0.000000399. The smallest absolute Gasteiger partial charge is 0.317 e. The molecule has 0 fully saturated rings. The molecule has 0 aliphatic rings. The predicted molar refractivity (Wildman–Crippen MR) is 96.4 cm³/mol. The van der Waals surface area contributed by atoms with E-state index in [2.05, 4.69) is 64.2 Å². The number of H-pyrrole nitrogens is 1. The molecule has 0 aliphatic heterocycles. The zero-order chi connectivity index (χ0) is 18.2. The van der Waals surface area contributed by atoms with E-state index >= 15 is 0 Å². The number of hydrogen-bond acceptors (Lipinski definition) is 5. The first-order chi connectivity index (χ1) is 12.0. The number of nitrogens with one attached hydrogen (secondary N) is 1. The van der Waals surface area contributed by atoms with Gasteiger partial charge in [-0.15, -0.1) is 0 Å². The van der Waals surface area contributed by atoms with Gasteiger partial charge in [0.05, 0.1) is 13.1 Å². The normalized spacial score (nSPS) is 10.7. The van der Waals surface area contributed by atoms with Gasteiger partial charge in [-0.25, -0.2) is 9.67 Å². The van der Waals surface area contributed by atoms with Crippen LogP contribution in [-0.4, -0.2) is 62.9 Å². The van der Waals surface area contributed by atoms with Crippen LogP contribution in [0.15, 0.2) is 37.1 Å². The number of likely N-dealkylation sites (N-methyl/N-ethyl adjacent to an activating group) is 1. The molecule has 0 saturated carbocycles. The SMILES string of the molecule is CN(C)CCc1c[nH]c2ccc(Cn3cncn3)cc12.NCC(=O)O. The highest BCUT2D eigenvalue weighted by atomic mass is 16.4. The fourth-order valence-electron chi connectivity index (χ4n) is 2.38. The zero-order valence-corrected chi connectivity index (χ0v) is 14.5. The Morgan fingerprint density at radius 2 is 2.16 bits per heavy atom. The number of aromatic amines is 1. The van der Waals surface area contributed by atoms with Gasteiger partial charge < -0.3 is 20.7 Å². The summed E-state index contributed by atoms with van der Waals surface area (Å²) in [6.07, 6.45) is 6.48. The number of carboxylic acids is 1. The van der Waals surface area contributed by atoms with Crippen molar-refractivity contribution in [1.82, 2.24) is 24.6 Å². The van der Waals surface area contributed by atoms with Gasteiger partial charge in [0.15, 0.2) is 0 Å². The zero-order valence-electron chi connectivity index (χ0n) is 14.5. The molecule has 0 spiro atoms. The van der Waals surface area contributed by atoms with Crippen molar-refractivity contribution in [1.29, 1.82) is 0 Å². The largest absolute Gasteiger partial charge is 0.480 e. The number of carboxylic acid groups (broad SMARTS) is 1. The van der Waals surface area contributed by atoms with Gasteiger partial charge in [-0.3, -0.25) is 4.79 Å². The summed E-state index contributed by atoms with van der Waals surface area (Å²) in [7, 11) is 4.20. The predicted octanol–water partition coefficient (Wildman–Crippen LogP) is 0.942. The van der Waals surface area contributed by atoms with Crippen LogP contribution in [0.2, 0.25) is 0 Å². The number of carbonyl (C=O) groups is 1. The molecule has 0 saturated heterocycles. The van der Waals surface area contributed by atoms with Crippen molar-refractivity contribution in [2.24, 2.45) is 5.73 Å². The standard InChI is InChI=1S/C15H19N5.C2H5NO2/c1-19(2)6-5-13-8-17-15-4-3-12(7-14(13)15)9-20-11-16-10-18-20;3-1-2(4)5/h3-4,7-8,10-11,17H,5-6,9H2,1-2H3;1,3H2,(H,4,5). The summed E-state index contributed by atoms with van der Waals surface area (Å²) in [6.45, 7) is 1.54. The topological polar surface area (TPSA) is 113 Å². The lowest BCUT2D eigenvalue weighted by molar-refractivity contribution is -0.135. The van der Waals surface area contributed by atoms with Crippen LogP contribution in [0.4, 0.5) is 0 Å². The van der Waals surface area contributed by atoms with Crippen molar-refractivity contribution in [3.8, 4) is 0 Å². The Kier molecular flexibility index (Phi) is 6.67. The second-order valence-corrected chi connectivity index (χ2v) is 5.94. The Bertz CT molecular complexity index is 795. The van der Waals surface area contributed by atoms with Gasteiger partial charge in [0, 0.05) is 23.6 Å². The fraction of sp³-hybridized carbons (Fsp3) is 0.353. The molecule has 0 amide bonds. The third kappa shape index (κ3) is 5.70. The summed E-state index contributed by atoms with van der Waals surface area (Å²) < 4.78 is 1.84. The molecule has 2 aromatic heterocycles. The minimum atomic E-state index is -0.968. The van der Waals surface area contributed by atoms with Gasteiger partial charge in [-0.2, -0.15) is 5.10 Å². The lowest BCUT2D eigenvalue weighted by atomic mass is 10.1. The Labute approximate surface area is 146 Å². The van der Waals surface area contributed by atoms with Crippen LogP contribution in [-0.2, 0) is 17.8 Å². The van der Waals surface area contributed by atoms with Crippen molar-refractivity contribution in [3.05, 3.63) is 48.2 Å². The van der Waals surface area contributed by atoms with E-state index in [1.807, 2.05) is 4.68 Å². The molecule has 0 radical (unpaired) electrons. The van der Waals surface area contributed by atoms with Crippen LogP contribution in [0, 0.1) is 0 Å². The molecule has 8 nitrogen and oxygen atoms in total. The highest BCUT2D eigenvalue weighted by Gasteiger charge is 2.06. The monoisotopic (exact) mass is 344 g/mol. The first-order valence-corrected chi connectivity index (χ1v) is 7.97. The molecule has 0 atom stereocenters. The average Bonchev–Trinajstić information content (AvgIpc) is 3.23. The summed E-state index contributed by atoms with van der Waals surface area (Å²) >= 11 is 0. The quantitative estimate of drug-likeness (QED) is 0.613. The molecule has 25 heavy (non-hydrogen) atoms. The molecule has 3 rings (SSSR count). The summed E-state index contributed by atoms with van der Waals surface area (Å²) in [5, 5.41) is 13.1. The highest BCUT2D eigenvalue weighted by molar-refractivity contribution is 5.83. The van der Waals surface area contributed by atoms with Crippen LogP contribution in [0.1, 0.15) is 11.1 Å². The first-order valence-electron chi connectivity index (χ1n) is 7.97. The second-order valence-electron chi connectivity index (χ2n) is 5.94. The maximum atomic E-state index is 9.24. The van der Waals surface area contributed by atoms with E-state index in [9.17, 15) is 4.79 Å². The van der Waals surface area contributed by atoms with Crippen LogP contribution in [0.3, 0.4) is 0 Å². The van der Waals surface area contributed by atoms with Crippen LogP contribution in [0.5, 0.6) is 0 Å². The van der Waals surface area contributed by atoms with Crippen LogP contribution < -0.4 is 5.73 Å². The summed E-state index contributed by atoms with van der Waals surface area (Å²) in [5.41, 5.74) is 8.38. The van der Waals surface area contributed by atoms with Gasteiger partial charge in [0.1, 0.15) is 12.7 Å². The van der Waals surface area contributed by atoms with Crippen molar-refractivity contribution in [2.75, 3.05) is 27.2 Å². The molecule has 0 unspecified atom stereocenters. The number of rotatable bonds is 6. The number of aromatic nitrogens is 4. The number of benzene rings is 1. The van der Waals surface area contributed by atoms with E-state index in [1.54, 1.807) is 12.7 Å². The average molecular weight is 344 g/mol. The van der Waals surface area contributed by atoms with Gasteiger partial charge in [0.25, 0.3) is 0 Å². The highest BCUT2D eigenvalue weighted by Crippen LogP contribution is 2.21. The number of nitrogens with two attached hydrogens (primary N) is 1. The van der Waals surface area contributed by atoms with E-state index < -0.39 is 5.97 Å². The number of fused-ring (bicyclic) bond motifs is 1. The molecular formula is C17H24N6O2. The lowest BCUT2D eigenvalue weighted by Gasteiger charge is -2.08. The Morgan fingerprint density at radius 1 is 1.40 bits per heavy atom. The van der Waals surface area contributed by atoms with E-state index in [-0.39, 0.29) is 6.54 Å². The number of hydrogen-bond donors (Lipinski definition) is 3. The molecular weight excluding hydrogens is 320 g/mol. The lowest BCUT2D eigenvalue weighted by Crippen LogP contribution is -2.14. The van der Waals surface area contributed by atoms with E-state index in [0.717, 1.165) is 19.5 Å². The van der Waals surface area contributed by atoms with Gasteiger partial charge in [0.2, 0.25) is 0 Å². The van der Waals surface area contributed by atoms with Crippen LogP contribution in [0.25, 0.3) is 10.9 Å².